The molecule has 8 heteroatoms. The molecular formula is C13H25N3O5. The normalized spacial score (nSPS) is 17.0. The van der Waals surface area contributed by atoms with Gasteiger partial charge in [0, 0.05) is 6.42 Å². The lowest BCUT2D eigenvalue weighted by Gasteiger charge is -2.15. The summed E-state index contributed by atoms with van der Waals surface area (Å²) >= 11 is 0. The van der Waals surface area contributed by atoms with Gasteiger partial charge in [-0.1, -0.05) is 13.8 Å². The van der Waals surface area contributed by atoms with Crippen molar-refractivity contribution in [3.63, 3.8) is 0 Å². The summed E-state index contributed by atoms with van der Waals surface area (Å²) in [5.41, 5.74) is 0. The van der Waals surface area contributed by atoms with Crippen molar-refractivity contribution in [3.8, 4) is 0 Å². The zero-order chi connectivity index (χ0) is 15.7. The monoisotopic (exact) mass is 303 g/mol. The zero-order valence-corrected chi connectivity index (χ0v) is 13.0. The van der Waals surface area contributed by atoms with Crippen molar-refractivity contribution in [2.75, 3.05) is 26.3 Å². The molecule has 1 saturated heterocycles. The van der Waals surface area contributed by atoms with E-state index in [0.29, 0.717) is 24.5 Å². The molecule has 0 aliphatic carbocycles. The smallest absolute Gasteiger partial charge is 0.508 e. The van der Waals surface area contributed by atoms with Gasteiger partial charge in [-0.25, -0.2) is 4.79 Å². The fourth-order valence-electron chi connectivity index (χ4n) is 1.61. The third-order valence-corrected chi connectivity index (χ3v) is 3.27. The van der Waals surface area contributed by atoms with Crippen LogP contribution in [0.15, 0.2) is 5.28 Å². The van der Waals surface area contributed by atoms with E-state index in [0.717, 1.165) is 12.8 Å². The Balaban J connectivity index is 2.03. The predicted octanol–water partition coefficient (Wildman–Crippen LogP) is 2.48. The molecule has 1 aliphatic heterocycles. The van der Waals surface area contributed by atoms with E-state index < -0.39 is 6.16 Å². The highest BCUT2D eigenvalue weighted by atomic mass is 16.7. The summed E-state index contributed by atoms with van der Waals surface area (Å²) < 4.78 is 9.92. The van der Waals surface area contributed by atoms with Gasteiger partial charge >= 0.3 is 6.16 Å². The lowest BCUT2D eigenvalue weighted by atomic mass is 10.1. The second-order valence-corrected chi connectivity index (χ2v) is 5.35. The lowest BCUT2D eigenvalue weighted by molar-refractivity contribution is -0.707. The Bertz CT molecular complexity index is 343. The topological polar surface area (TPSA) is 86.4 Å². The molecule has 0 aromatic rings. The number of nitrogens with zero attached hydrogens (tertiary/aromatic N) is 3. The number of rotatable bonds is 8. The van der Waals surface area contributed by atoms with Gasteiger partial charge < -0.3 is 19.5 Å². The van der Waals surface area contributed by atoms with Crippen molar-refractivity contribution in [1.29, 1.82) is 0 Å². The van der Waals surface area contributed by atoms with Crippen LogP contribution < -0.4 is 0 Å². The maximum absolute atomic E-state index is 11.4. The maximum Gasteiger partial charge on any atom is 0.508 e. The van der Waals surface area contributed by atoms with Gasteiger partial charge in [0.1, 0.15) is 12.7 Å². The van der Waals surface area contributed by atoms with Gasteiger partial charge in [0.15, 0.2) is 0 Å². The molecule has 0 bridgehead atoms. The van der Waals surface area contributed by atoms with E-state index in [1.165, 1.54) is 0 Å². The molecule has 1 aliphatic rings. The molecule has 8 nitrogen and oxygen atoms in total. The molecule has 0 spiro atoms. The third-order valence-electron chi connectivity index (χ3n) is 3.27. The highest BCUT2D eigenvalue weighted by Crippen LogP contribution is 2.08. The highest BCUT2D eigenvalue weighted by molar-refractivity contribution is 5.60. The van der Waals surface area contributed by atoms with Crippen LogP contribution in [-0.2, 0) is 14.3 Å². The van der Waals surface area contributed by atoms with Crippen LogP contribution in [0.5, 0.6) is 0 Å². The summed E-state index contributed by atoms with van der Waals surface area (Å²) in [5, 5.41) is 16.4. The zero-order valence-electron chi connectivity index (χ0n) is 13.0. The molecule has 1 rings (SSSR count). The fraction of sp³-hybridized carbons (Fsp3) is 0.923. The van der Waals surface area contributed by atoms with Crippen LogP contribution in [0.4, 0.5) is 4.79 Å². The lowest BCUT2D eigenvalue weighted by Crippen LogP contribution is -2.27. The molecule has 1 heterocycles. The van der Waals surface area contributed by atoms with E-state index in [1.807, 2.05) is 20.8 Å². The average Bonchev–Trinajstić information content (AvgIpc) is 2.96. The first-order valence-electron chi connectivity index (χ1n) is 7.39. The Morgan fingerprint density at radius 1 is 1.29 bits per heavy atom. The number of hydrogen-bond acceptors (Lipinski definition) is 6. The van der Waals surface area contributed by atoms with Crippen molar-refractivity contribution < 1.29 is 24.1 Å². The Morgan fingerprint density at radius 3 is 2.57 bits per heavy atom. The molecule has 0 radical (unpaired) electrons. The minimum atomic E-state index is -0.685. The molecular weight excluding hydrogens is 278 g/mol. The van der Waals surface area contributed by atoms with Gasteiger partial charge in [0.2, 0.25) is 5.28 Å². The Morgan fingerprint density at radius 2 is 1.95 bits per heavy atom. The van der Waals surface area contributed by atoms with Gasteiger partial charge in [-0.3, -0.25) is 0 Å². The standard InChI is InChI=1S/C13H25N3O5/c1-11(2)12(3)21-13(17)19-9-6-10-20-14-16(18)15-7-4-5-8-15/h11-12H,4-10H2,1-3H3/b16-14-. The molecule has 0 saturated carbocycles. The van der Waals surface area contributed by atoms with Crippen LogP contribution in [0.25, 0.3) is 0 Å². The van der Waals surface area contributed by atoms with Crippen LogP contribution in [-0.4, -0.2) is 48.5 Å². The number of carbonyl (C=O) groups is 1. The summed E-state index contributed by atoms with van der Waals surface area (Å²) in [5.74, 6) is 0.244. The highest BCUT2D eigenvalue weighted by Gasteiger charge is 2.18. The second-order valence-electron chi connectivity index (χ2n) is 5.35. The van der Waals surface area contributed by atoms with Gasteiger partial charge in [-0.2, -0.15) is 0 Å². The third kappa shape index (κ3) is 7.01. The summed E-state index contributed by atoms with van der Waals surface area (Å²) in [6, 6.07) is 0. The first kappa shape index (κ1) is 17.3. The molecule has 0 aromatic carbocycles. The van der Waals surface area contributed by atoms with E-state index in [2.05, 4.69) is 5.28 Å². The molecule has 0 N–H and O–H groups in total. The van der Waals surface area contributed by atoms with Crippen molar-refractivity contribution >= 4 is 6.16 Å². The van der Waals surface area contributed by atoms with Crippen molar-refractivity contribution in [3.05, 3.63) is 5.21 Å². The molecule has 21 heavy (non-hydrogen) atoms. The van der Waals surface area contributed by atoms with E-state index in [9.17, 15) is 10.0 Å². The molecule has 1 atom stereocenters. The molecule has 122 valence electrons. The van der Waals surface area contributed by atoms with Crippen molar-refractivity contribution in [2.45, 2.75) is 46.1 Å². The van der Waals surface area contributed by atoms with Gasteiger partial charge in [-0.05, 0) is 25.7 Å². The second kappa shape index (κ2) is 9.25. The minimum Gasteiger partial charge on any atom is -0.569 e. The summed E-state index contributed by atoms with van der Waals surface area (Å²) in [6.07, 6.45) is 1.58. The maximum atomic E-state index is 11.4. The predicted molar refractivity (Wildman–Crippen MR) is 74.2 cm³/mol. The summed E-state index contributed by atoms with van der Waals surface area (Å²) in [7, 11) is 0. The van der Waals surface area contributed by atoms with E-state index >= 15 is 0 Å². The van der Waals surface area contributed by atoms with Gasteiger partial charge in [0.25, 0.3) is 0 Å². The quantitative estimate of drug-likeness (QED) is 0.225. The number of hydrogen-bond donors (Lipinski definition) is 0. The number of carbonyl (C=O) groups excluding carboxylic acids is 1. The fourth-order valence-corrected chi connectivity index (χ4v) is 1.61. The molecule has 1 fully saturated rings. The largest absolute Gasteiger partial charge is 0.569 e. The average molecular weight is 303 g/mol. The Hall–Kier alpha value is -1.73. The van der Waals surface area contributed by atoms with E-state index in [-0.39, 0.29) is 25.2 Å². The summed E-state index contributed by atoms with van der Waals surface area (Å²) in [6.45, 7) is 7.53. The first-order valence-corrected chi connectivity index (χ1v) is 7.39. The van der Waals surface area contributed by atoms with E-state index in [4.69, 9.17) is 14.3 Å². The summed E-state index contributed by atoms with van der Waals surface area (Å²) in [4.78, 5) is 16.7. The molecule has 1 unspecified atom stereocenters. The van der Waals surface area contributed by atoms with E-state index in [1.54, 1.807) is 5.01 Å². The van der Waals surface area contributed by atoms with Crippen LogP contribution in [0, 0.1) is 11.1 Å². The van der Waals surface area contributed by atoms with Crippen LogP contribution in [0.3, 0.4) is 0 Å². The van der Waals surface area contributed by atoms with Crippen molar-refractivity contribution in [1.82, 2.24) is 5.01 Å². The molecule has 0 aromatic heterocycles. The number of ether oxygens (including phenoxy) is 2. The minimum absolute atomic E-state index is 0.168. The number of hydrazine groups is 1. The Labute approximate surface area is 125 Å². The van der Waals surface area contributed by atoms with Crippen LogP contribution in [0.1, 0.15) is 40.0 Å². The molecule has 0 amide bonds. The van der Waals surface area contributed by atoms with Crippen LogP contribution >= 0.6 is 0 Å². The first-order chi connectivity index (χ1) is 10.0. The van der Waals surface area contributed by atoms with Crippen molar-refractivity contribution in [2.24, 2.45) is 11.2 Å². The SMILES string of the molecule is CC(C)C(C)OC(=O)OCCCO/N=[N+](\[O-])N1CCCC1. The van der Waals surface area contributed by atoms with Gasteiger partial charge in [0.05, 0.1) is 24.7 Å². The Kier molecular flexibility index (Phi) is 7.63. The van der Waals surface area contributed by atoms with Crippen LogP contribution in [0.2, 0.25) is 0 Å². The van der Waals surface area contributed by atoms with Gasteiger partial charge in [-0.15, -0.1) is 5.01 Å².